The van der Waals surface area contributed by atoms with Gasteiger partial charge in [-0.05, 0) is 25.7 Å². The van der Waals surface area contributed by atoms with Crippen molar-refractivity contribution in [1.82, 2.24) is 0 Å². The average Bonchev–Trinajstić information content (AvgIpc) is 2.24. The second-order valence-corrected chi connectivity index (χ2v) is 4.21. The maximum atomic E-state index is 10.0. The molecule has 0 saturated heterocycles. The van der Waals surface area contributed by atoms with Crippen LogP contribution < -0.4 is 0 Å². The molecule has 14 heavy (non-hydrogen) atoms. The lowest BCUT2D eigenvalue weighted by Gasteiger charge is -2.11. The number of rotatable bonds is 2. The Morgan fingerprint density at radius 3 is 1.64 bits per heavy atom. The molecule has 0 atom stereocenters. The second-order valence-electron chi connectivity index (χ2n) is 4.21. The summed E-state index contributed by atoms with van der Waals surface area (Å²) in [4.78, 5) is 14.8. The normalized spacial score (nSPS) is 22.3. The molecule has 0 aromatic heterocycles. The molecular weight excluding hydrogens is 178 g/mol. The van der Waals surface area contributed by atoms with Crippen LogP contribution in [-0.4, -0.2) is 6.10 Å². The number of hydrogen-bond acceptors (Lipinski definition) is 3. The van der Waals surface area contributed by atoms with Crippen molar-refractivity contribution in [3.63, 3.8) is 0 Å². The Morgan fingerprint density at radius 1 is 0.786 bits per heavy atom. The summed E-state index contributed by atoms with van der Waals surface area (Å²) >= 11 is 0. The zero-order chi connectivity index (χ0) is 10.1. The van der Waals surface area contributed by atoms with Crippen LogP contribution in [-0.2, 0) is 4.84 Å². The van der Waals surface area contributed by atoms with Crippen LogP contribution >= 0.6 is 0 Å². The third-order valence-electron chi connectivity index (χ3n) is 2.99. The Bertz CT molecular complexity index is 138. The summed E-state index contributed by atoms with van der Waals surface area (Å²) in [5, 5.41) is 2.56. The molecule has 0 aromatic rings. The predicted octanol–water partition coefficient (Wildman–Crippen LogP) is 3.97. The molecule has 0 heterocycles. The van der Waals surface area contributed by atoms with E-state index in [9.17, 15) is 4.91 Å². The van der Waals surface area contributed by atoms with Gasteiger partial charge < -0.3 is 4.84 Å². The molecule has 1 aliphatic carbocycles. The largest absolute Gasteiger partial charge is 0.361 e. The van der Waals surface area contributed by atoms with Gasteiger partial charge in [-0.3, -0.25) is 0 Å². The third-order valence-corrected chi connectivity index (χ3v) is 2.99. The Hall–Kier alpha value is -0.600. The lowest BCUT2D eigenvalue weighted by atomic mass is 10.1. The van der Waals surface area contributed by atoms with Gasteiger partial charge in [-0.2, -0.15) is 0 Å². The monoisotopic (exact) mass is 199 g/mol. The van der Waals surface area contributed by atoms with E-state index in [1.54, 1.807) is 0 Å². The quantitative estimate of drug-likeness (QED) is 0.498. The van der Waals surface area contributed by atoms with Gasteiger partial charge in [0.2, 0.25) is 0 Å². The van der Waals surface area contributed by atoms with Gasteiger partial charge in [0.05, 0.1) is 0 Å². The molecule has 0 radical (unpaired) electrons. The zero-order valence-electron chi connectivity index (χ0n) is 8.91. The molecular formula is C11H21NO2. The molecule has 0 amide bonds. The van der Waals surface area contributed by atoms with Gasteiger partial charge in [-0.25, -0.2) is 0 Å². The van der Waals surface area contributed by atoms with Crippen molar-refractivity contribution < 1.29 is 4.84 Å². The second kappa shape index (κ2) is 7.77. The first-order chi connectivity index (χ1) is 6.93. The minimum absolute atomic E-state index is 0.0885. The van der Waals surface area contributed by atoms with E-state index in [1.807, 2.05) is 0 Å². The fraction of sp³-hybridized carbons (Fsp3) is 1.00. The molecule has 82 valence electrons. The van der Waals surface area contributed by atoms with Crippen LogP contribution in [0.2, 0.25) is 0 Å². The van der Waals surface area contributed by atoms with Gasteiger partial charge in [-0.15, -0.1) is 4.91 Å². The van der Waals surface area contributed by atoms with Crippen LogP contribution in [0, 0.1) is 4.91 Å². The van der Waals surface area contributed by atoms with Crippen molar-refractivity contribution in [2.24, 2.45) is 5.34 Å². The van der Waals surface area contributed by atoms with Crippen molar-refractivity contribution >= 4 is 0 Å². The molecule has 0 N–H and O–H groups in total. The van der Waals surface area contributed by atoms with Gasteiger partial charge in [0, 0.05) is 0 Å². The summed E-state index contributed by atoms with van der Waals surface area (Å²) < 4.78 is 0. The molecule has 3 heteroatoms. The topological polar surface area (TPSA) is 38.7 Å². The van der Waals surface area contributed by atoms with Crippen LogP contribution in [0.25, 0.3) is 0 Å². The average molecular weight is 199 g/mol. The van der Waals surface area contributed by atoms with Crippen molar-refractivity contribution in [2.45, 2.75) is 70.3 Å². The fourth-order valence-electron chi connectivity index (χ4n) is 2.12. The standard InChI is InChI=1S/C11H21NO2/c13-12-14-11-9-7-5-3-1-2-4-6-8-10-11/h11H,1-10H2. The Balaban J connectivity index is 2.23. The van der Waals surface area contributed by atoms with E-state index >= 15 is 0 Å². The highest BCUT2D eigenvalue weighted by atomic mass is 16.7. The van der Waals surface area contributed by atoms with Gasteiger partial charge in [0.25, 0.3) is 0 Å². The molecule has 1 saturated carbocycles. The van der Waals surface area contributed by atoms with Crippen LogP contribution in [0.15, 0.2) is 5.34 Å². The Labute approximate surface area is 86.1 Å². The van der Waals surface area contributed by atoms with Gasteiger partial charge >= 0.3 is 0 Å². The number of hydrogen-bond donors (Lipinski definition) is 0. The van der Waals surface area contributed by atoms with Crippen molar-refractivity contribution in [3.8, 4) is 0 Å². The fourth-order valence-corrected chi connectivity index (χ4v) is 2.12. The lowest BCUT2D eigenvalue weighted by Crippen LogP contribution is -2.09. The van der Waals surface area contributed by atoms with Crippen LogP contribution in [0.3, 0.4) is 0 Å². The number of nitrogens with zero attached hydrogens (tertiary/aromatic N) is 1. The lowest BCUT2D eigenvalue weighted by molar-refractivity contribution is 0.0399. The van der Waals surface area contributed by atoms with Gasteiger partial charge in [0.1, 0.15) is 6.10 Å². The molecule has 3 nitrogen and oxygen atoms in total. The van der Waals surface area contributed by atoms with Crippen LogP contribution in [0.5, 0.6) is 0 Å². The van der Waals surface area contributed by atoms with Crippen LogP contribution in [0.1, 0.15) is 64.2 Å². The van der Waals surface area contributed by atoms with Gasteiger partial charge in [-0.1, -0.05) is 38.5 Å². The summed E-state index contributed by atoms with van der Waals surface area (Å²) in [6.45, 7) is 0. The zero-order valence-corrected chi connectivity index (χ0v) is 8.91. The van der Waals surface area contributed by atoms with Crippen molar-refractivity contribution in [3.05, 3.63) is 4.91 Å². The van der Waals surface area contributed by atoms with E-state index in [0.29, 0.717) is 0 Å². The Kier molecular flexibility index (Phi) is 6.37. The molecule has 0 bridgehead atoms. The highest BCUT2D eigenvalue weighted by Crippen LogP contribution is 2.18. The highest BCUT2D eigenvalue weighted by Gasteiger charge is 2.10. The smallest absolute Gasteiger partial charge is 0.155 e. The summed E-state index contributed by atoms with van der Waals surface area (Å²) in [7, 11) is 0. The van der Waals surface area contributed by atoms with Gasteiger partial charge in [0.15, 0.2) is 5.34 Å². The van der Waals surface area contributed by atoms with E-state index in [4.69, 9.17) is 4.84 Å². The third kappa shape index (κ3) is 5.20. The van der Waals surface area contributed by atoms with Crippen LogP contribution in [0.4, 0.5) is 0 Å². The minimum Gasteiger partial charge on any atom is -0.361 e. The predicted molar refractivity (Wildman–Crippen MR) is 56.8 cm³/mol. The van der Waals surface area contributed by atoms with E-state index in [-0.39, 0.29) is 6.10 Å². The van der Waals surface area contributed by atoms with E-state index in [1.165, 1.54) is 51.4 Å². The first-order valence-electron chi connectivity index (χ1n) is 5.92. The van der Waals surface area contributed by atoms with Crippen molar-refractivity contribution in [2.75, 3.05) is 0 Å². The van der Waals surface area contributed by atoms with E-state index < -0.39 is 0 Å². The summed E-state index contributed by atoms with van der Waals surface area (Å²) in [5.41, 5.74) is 0. The first-order valence-corrected chi connectivity index (χ1v) is 5.92. The maximum absolute atomic E-state index is 10.0. The highest BCUT2D eigenvalue weighted by molar-refractivity contribution is 4.60. The van der Waals surface area contributed by atoms with E-state index in [2.05, 4.69) is 5.34 Å². The first kappa shape index (κ1) is 11.5. The molecule has 1 rings (SSSR count). The molecule has 1 fully saturated rings. The minimum atomic E-state index is 0.0885. The van der Waals surface area contributed by atoms with E-state index in [0.717, 1.165) is 12.8 Å². The maximum Gasteiger partial charge on any atom is 0.155 e. The molecule has 0 spiro atoms. The summed E-state index contributed by atoms with van der Waals surface area (Å²) in [5.74, 6) is 0. The SMILES string of the molecule is O=NOC1CCCCCCCCCC1. The molecule has 0 unspecified atom stereocenters. The molecule has 1 aliphatic rings. The summed E-state index contributed by atoms with van der Waals surface area (Å²) in [6.07, 6.45) is 12.4. The molecule has 0 aliphatic heterocycles. The summed E-state index contributed by atoms with van der Waals surface area (Å²) in [6, 6.07) is 0. The molecule has 0 aromatic carbocycles. The van der Waals surface area contributed by atoms with Crippen molar-refractivity contribution in [1.29, 1.82) is 0 Å². The Morgan fingerprint density at radius 2 is 1.21 bits per heavy atom.